The van der Waals surface area contributed by atoms with Crippen LogP contribution in [-0.2, 0) is 13.0 Å². The van der Waals surface area contributed by atoms with Crippen LogP contribution in [0.15, 0.2) is 16.7 Å². The Hall–Kier alpha value is -2.45. The fourth-order valence-corrected chi connectivity index (χ4v) is 3.89. The highest BCUT2D eigenvalue weighted by atomic mass is 32.1. The van der Waals surface area contributed by atoms with Crippen LogP contribution in [0.1, 0.15) is 26.6 Å². The second-order valence-electron chi connectivity index (χ2n) is 6.07. The lowest BCUT2D eigenvalue weighted by Gasteiger charge is -2.24. The molecule has 0 fully saturated rings. The molecule has 3 N–H and O–H groups in total. The number of amides is 1. The van der Waals surface area contributed by atoms with Gasteiger partial charge < -0.3 is 15.2 Å². The molecule has 124 valence electrons. The van der Waals surface area contributed by atoms with Gasteiger partial charge in [0.15, 0.2) is 0 Å². The topological polar surface area (TPSA) is 97.3 Å². The third-order valence-corrected chi connectivity index (χ3v) is 5.25. The third-order valence-electron chi connectivity index (χ3n) is 4.13. The van der Waals surface area contributed by atoms with E-state index in [1.807, 2.05) is 0 Å². The molecule has 0 aromatic carbocycles. The van der Waals surface area contributed by atoms with Crippen LogP contribution in [0.3, 0.4) is 0 Å². The van der Waals surface area contributed by atoms with Gasteiger partial charge in [0, 0.05) is 36.7 Å². The van der Waals surface area contributed by atoms with Crippen molar-refractivity contribution in [3.05, 3.63) is 34.0 Å². The highest BCUT2D eigenvalue weighted by molar-refractivity contribution is 7.21. The van der Waals surface area contributed by atoms with Crippen LogP contribution in [0, 0.1) is 6.92 Å². The number of fused-ring (bicyclic) bond motifs is 2. The Morgan fingerprint density at radius 2 is 2.29 bits per heavy atom. The molecule has 1 amide bonds. The van der Waals surface area contributed by atoms with Crippen molar-refractivity contribution in [1.82, 2.24) is 15.0 Å². The van der Waals surface area contributed by atoms with Crippen molar-refractivity contribution in [2.45, 2.75) is 19.9 Å². The number of rotatable bonds is 2. The minimum Gasteiger partial charge on any atom is -0.397 e. The van der Waals surface area contributed by atoms with Crippen molar-refractivity contribution < 1.29 is 9.32 Å². The number of likely N-dealkylation sites (N-methyl/N-ethyl adjacent to an activating group) is 1. The maximum Gasteiger partial charge on any atom is 0.270 e. The van der Waals surface area contributed by atoms with E-state index >= 15 is 0 Å². The molecule has 0 saturated carbocycles. The molecule has 0 spiro atoms. The first-order valence-corrected chi connectivity index (χ1v) is 8.47. The first kappa shape index (κ1) is 15.1. The summed E-state index contributed by atoms with van der Waals surface area (Å²) in [6, 6.07) is 3.72. The Morgan fingerprint density at radius 1 is 1.46 bits per heavy atom. The Balaban J connectivity index is 1.71. The lowest BCUT2D eigenvalue weighted by molar-refractivity contribution is 0.102. The Bertz CT molecular complexity index is 945. The van der Waals surface area contributed by atoms with E-state index in [9.17, 15) is 4.79 Å². The van der Waals surface area contributed by atoms with Crippen LogP contribution in [0.5, 0.6) is 0 Å². The number of anilines is 2. The van der Waals surface area contributed by atoms with Crippen LogP contribution in [-0.4, -0.2) is 34.5 Å². The summed E-state index contributed by atoms with van der Waals surface area (Å²) in [7, 11) is 2.09. The molecule has 3 aromatic rings. The summed E-state index contributed by atoms with van der Waals surface area (Å²) in [6.45, 7) is 3.63. The minimum atomic E-state index is -0.304. The highest BCUT2D eigenvalue weighted by Gasteiger charge is 2.22. The molecule has 0 unspecified atom stereocenters. The summed E-state index contributed by atoms with van der Waals surface area (Å²) in [5.41, 5.74) is 9.66. The van der Waals surface area contributed by atoms with E-state index in [1.54, 1.807) is 13.0 Å². The maximum atomic E-state index is 12.5. The predicted molar refractivity (Wildman–Crippen MR) is 93.3 cm³/mol. The molecule has 4 heterocycles. The van der Waals surface area contributed by atoms with Gasteiger partial charge in [0.05, 0.1) is 11.4 Å². The summed E-state index contributed by atoms with van der Waals surface area (Å²) in [4.78, 5) is 20.7. The zero-order valence-corrected chi connectivity index (χ0v) is 14.2. The van der Waals surface area contributed by atoms with Crippen molar-refractivity contribution in [2.75, 3.05) is 24.6 Å². The Kier molecular flexibility index (Phi) is 3.50. The molecule has 0 saturated heterocycles. The fourth-order valence-electron chi connectivity index (χ4n) is 2.90. The molecule has 1 aliphatic heterocycles. The monoisotopic (exact) mass is 343 g/mol. The van der Waals surface area contributed by atoms with Crippen molar-refractivity contribution in [3.63, 3.8) is 0 Å². The van der Waals surface area contributed by atoms with E-state index in [1.165, 1.54) is 16.9 Å². The molecular weight excluding hydrogens is 326 g/mol. The number of hydrogen-bond donors (Lipinski definition) is 2. The summed E-state index contributed by atoms with van der Waals surface area (Å²) in [5.74, 6) is 0.00461. The van der Waals surface area contributed by atoms with Gasteiger partial charge in [0.25, 0.3) is 5.91 Å². The van der Waals surface area contributed by atoms with Crippen molar-refractivity contribution >= 4 is 39.0 Å². The van der Waals surface area contributed by atoms with Gasteiger partial charge in [0.2, 0.25) is 5.88 Å². The number of nitrogens with one attached hydrogen (secondary N) is 1. The standard InChI is InChI=1S/C16H17N5O2S/c1-8-5-12(23-20-8)19-15(22)14-13(17)10-6-9-7-21(2)4-3-11(9)18-16(10)24-14/h5-6H,3-4,7,17H2,1-2H3,(H,19,22). The zero-order valence-electron chi connectivity index (χ0n) is 13.4. The molecular formula is C16H17N5O2S. The first-order valence-electron chi connectivity index (χ1n) is 7.65. The Labute approximate surface area is 142 Å². The van der Waals surface area contributed by atoms with Gasteiger partial charge in [-0.3, -0.25) is 10.1 Å². The van der Waals surface area contributed by atoms with Crippen molar-refractivity contribution in [1.29, 1.82) is 0 Å². The van der Waals surface area contributed by atoms with E-state index in [2.05, 4.69) is 28.5 Å². The van der Waals surface area contributed by atoms with Crippen molar-refractivity contribution in [3.8, 4) is 0 Å². The van der Waals surface area contributed by atoms with Gasteiger partial charge >= 0.3 is 0 Å². The molecule has 8 heteroatoms. The summed E-state index contributed by atoms with van der Waals surface area (Å²) in [5, 5.41) is 7.28. The van der Waals surface area contributed by atoms with E-state index in [0.29, 0.717) is 22.1 Å². The number of carbonyl (C=O) groups excluding carboxylic acids is 1. The average Bonchev–Trinajstić information content (AvgIpc) is 3.09. The minimum absolute atomic E-state index is 0.304. The van der Waals surface area contributed by atoms with Crippen LogP contribution in [0.2, 0.25) is 0 Å². The number of aryl methyl sites for hydroxylation is 1. The van der Waals surface area contributed by atoms with Crippen LogP contribution >= 0.6 is 11.3 Å². The molecule has 4 rings (SSSR count). The number of thiophene rings is 1. The van der Waals surface area contributed by atoms with Crippen LogP contribution in [0.4, 0.5) is 11.6 Å². The average molecular weight is 343 g/mol. The second kappa shape index (κ2) is 5.57. The number of pyridine rings is 1. The largest absolute Gasteiger partial charge is 0.397 e. The number of nitrogens with two attached hydrogens (primary N) is 1. The van der Waals surface area contributed by atoms with Gasteiger partial charge in [-0.15, -0.1) is 11.3 Å². The maximum absolute atomic E-state index is 12.5. The fraction of sp³-hybridized carbons (Fsp3) is 0.312. The van der Waals surface area contributed by atoms with Gasteiger partial charge in [-0.1, -0.05) is 5.16 Å². The summed E-state index contributed by atoms with van der Waals surface area (Å²) >= 11 is 1.31. The number of nitrogen functional groups attached to an aromatic ring is 1. The Morgan fingerprint density at radius 3 is 3.04 bits per heavy atom. The normalized spacial score (nSPS) is 14.8. The highest BCUT2D eigenvalue weighted by Crippen LogP contribution is 2.35. The number of carbonyl (C=O) groups is 1. The number of aromatic nitrogens is 2. The van der Waals surface area contributed by atoms with Gasteiger partial charge in [-0.2, -0.15) is 0 Å². The number of hydrogen-bond acceptors (Lipinski definition) is 7. The molecule has 7 nitrogen and oxygen atoms in total. The van der Waals surface area contributed by atoms with E-state index in [4.69, 9.17) is 15.2 Å². The van der Waals surface area contributed by atoms with Gasteiger partial charge in [-0.05, 0) is 25.6 Å². The SMILES string of the molecule is Cc1cc(NC(=O)c2sc3nc4c(cc3c2N)CN(C)CC4)on1. The van der Waals surface area contributed by atoms with Crippen molar-refractivity contribution in [2.24, 2.45) is 0 Å². The molecule has 0 aliphatic carbocycles. The lowest BCUT2D eigenvalue weighted by Crippen LogP contribution is -2.27. The van der Waals surface area contributed by atoms with Gasteiger partial charge in [0.1, 0.15) is 9.71 Å². The lowest BCUT2D eigenvalue weighted by atomic mass is 10.0. The van der Waals surface area contributed by atoms with E-state index in [-0.39, 0.29) is 5.91 Å². The first-order chi connectivity index (χ1) is 11.5. The quantitative estimate of drug-likeness (QED) is 0.741. The summed E-state index contributed by atoms with van der Waals surface area (Å²) in [6.07, 6.45) is 0.915. The van der Waals surface area contributed by atoms with Crippen LogP contribution < -0.4 is 11.1 Å². The van der Waals surface area contributed by atoms with Gasteiger partial charge in [-0.25, -0.2) is 4.98 Å². The predicted octanol–water partition coefficient (Wildman–Crippen LogP) is 2.42. The molecule has 0 atom stereocenters. The number of nitrogens with zero attached hydrogens (tertiary/aromatic N) is 3. The molecule has 24 heavy (non-hydrogen) atoms. The molecule has 1 aliphatic rings. The smallest absolute Gasteiger partial charge is 0.270 e. The van der Waals surface area contributed by atoms with E-state index < -0.39 is 0 Å². The zero-order chi connectivity index (χ0) is 16.8. The summed E-state index contributed by atoms with van der Waals surface area (Å²) < 4.78 is 5.02. The molecule has 0 radical (unpaired) electrons. The molecule has 0 bridgehead atoms. The molecule has 3 aromatic heterocycles. The van der Waals surface area contributed by atoms with Crippen LogP contribution in [0.25, 0.3) is 10.2 Å². The third kappa shape index (κ3) is 2.53. The second-order valence-corrected chi connectivity index (χ2v) is 7.07. The van der Waals surface area contributed by atoms with E-state index in [0.717, 1.165) is 35.4 Å².